The van der Waals surface area contributed by atoms with E-state index in [1.165, 1.54) is 104 Å². The Morgan fingerprint density at radius 1 is 0.290 bits per heavy atom. The Balaban J connectivity index is 1.04. The molecule has 0 saturated heterocycles. The van der Waals surface area contributed by atoms with E-state index in [4.69, 9.17) is 6.58 Å². The van der Waals surface area contributed by atoms with Crippen LogP contribution in [0.15, 0.2) is 223 Å². The maximum Gasteiger partial charge on any atom is 0.0462 e. The first-order valence-electron chi connectivity index (χ1n) is 22.6. The smallest absolute Gasteiger partial charge is 0.0462 e. The molecule has 2 aliphatic rings. The second-order valence-electron chi connectivity index (χ2n) is 17.0. The molecule has 0 unspecified atom stereocenters. The number of hydrogen-bond acceptors (Lipinski definition) is 1. The molecule has 1 nitrogen and oxygen atoms in total. The van der Waals surface area contributed by atoms with Crippen LogP contribution in [0.4, 0.5) is 17.1 Å². The monoisotopic (exact) mass is 799 g/mol. The SMILES string of the molecule is C=C1CCCCC/C(c2ccc(-c3ccccc3)cc2)=C2/CCCCC2=C1c1ccc(N(c2ccc(-c3ccccc3)cc2)c2ccc(-c3ccc4ccccc4c3)cc2)cc1. The van der Waals surface area contributed by atoms with Crippen LogP contribution in [-0.4, -0.2) is 0 Å². The summed E-state index contributed by atoms with van der Waals surface area (Å²) in [5.41, 5.74) is 20.7. The summed E-state index contributed by atoms with van der Waals surface area (Å²) >= 11 is 0. The Bertz CT molecular complexity index is 2880. The molecule has 62 heavy (non-hydrogen) atoms. The zero-order valence-electron chi connectivity index (χ0n) is 35.6. The van der Waals surface area contributed by atoms with E-state index in [1.54, 1.807) is 11.1 Å². The van der Waals surface area contributed by atoms with Crippen molar-refractivity contribution in [3.8, 4) is 33.4 Å². The molecular formula is C61H53N. The van der Waals surface area contributed by atoms with Gasteiger partial charge in [-0.2, -0.15) is 0 Å². The molecule has 0 aromatic heterocycles. The Kier molecular flexibility index (Phi) is 11.3. The first-order chi connectivity index (χ1) is 30.7. The van der Waals surface area contributed by atoms with E-state index >= 15 is 0 Å². The molecular weight excluding hydrogens is 747 g/mol. The van der Waals surface area contributed by atoms with Gasteiger partial charge >= 0.3 is 0 Å². The molecule has 0 bridgehead atoms. The lowest BCUT2D eigenvalue weighted by Gasteiger charge is -2.29. The fourth-order valence-electron chi connectivity index (χ4n) is 9.84. The van der Waals surface area contributed by atoms with Crippen molar-refractivity contribution in [3.63, 3.8) is 0 Å². The van der Waals surface area contributed by atoms with Gasteiger partial charge in [0.25, 0.3) is 0 Å². The fraction of sp³-hybridized carbons (Fsp3) is 0.148. The van der Waals surface area contributed by atoms with Crippen molar-refractivity contribution in [1.29, 1.82) is 0 Å². The molecule has 0 radical (unpaired) electrons. The van der Waals surface area contributed by atoms with Crippen molar-refractivity contribution in [1.82, 2.24) is 0 Å². The van der Waals surface area contributed by atoms with E-state index in [0.29, 0.717) is 0 Å². The molecule has 8 aromatic carbocycles. The summed E-state index contributed by atoms with van der Waals surface area (Å²) < 4.78 is 0. The molecule has 0 amide bonds. The van der Waals surface area contributed by atoms with Gasteiger partial charge in [0.15, 0.2) is 0 Å². The molecule has 1 fully saturated rings. The summed E-state index contributed by atoms with van der Waals surface area (Å²) in [5, 5.41) is 2.52. The summed E-state index contributed by atoms with van der Waals surface area (Å²) in [6, 6.07) is 73.6. The number of benzene rings is 8. The van der Waals surface area contributed by atoms with Crippen LogP contribution in [0, 0.1) is 0 Å². The van der Waals surface area contributed by atoms with Crippen LogP contribution in [0.3, 0.4) is 0 Å². The minimum absolute atomic E-state index is 1.04. The van der Waals surface area contributed by atoms with Crippen LogP contribution in [0.1, 0.15) is 68.9 Å². The maximum atomic E-state index is 4.82. The lowest BCUT2D eigenvalue weighted by molar-refractivity contribution is 0.662. The van der Waals surface area contributed by atoms with Gasteiger partial charge in [0.1, 0.15) is 0 Å². The highest BCUT2D eigenvalue weighted by molar-refractivity contribution is 5.90. The Hall–Kier alpha value is -6.96. The van der Waals surface area contributed by atoms with Crippen molar-refractivity contribution in [2.24, 2.45) is 0 Å². The minimum atomic E-state index is 1.04. The van der Waals surface area contributed by atoms with Gasteiger partial charge in [-0.3, -0.25) is 0 Å². The van der Waals surface area contributed by atoms with Gasteiger partial charge < -0.3 is 4.90 Å². The van der Waals surface area contributed by atoms with Crippen LogP contribution >= 0.6 is 0 Å². The van der Waals surface area contributed by atoms with Gasteiger partial charge in [-0.15, -0.1) is 0 Å². The lowest BCUT2D eigenvalue weighted by Crippen LogP contribution is -2.10. The molecule has 0 atom stereocenters. The molecule has 1 saturated carbocycles. The van der Waals surface area contributed by atoms with Crippen molar-refractivity contribution in [3.05, 3.63) is 235 Å². The summed E-state index contributed by atoms with van der Waals surface area (Å²) in [5.74, 6) is 0. The lowest BCUT2D eigenvalue weighted by atomic mass is 9.76. The van der Waals surface area contributed by atoms with Gasteiger partial charge in [-0.25, -0.2) is 0 Å². The molecule has 0 N–H and O–H groups in total. The molecule has 10 rings (SSSR count). The molecule has 0 aliphatic heterocycles. The zero-order chi connectivity index (χ0) is 41.7. The quantitative estimate of drug-likeness (QED) is 0.148. The van der Waals surface area contributed by atoms with E-state index < -0.39 is 0 Å². The number of hydrogen-bond donors (Lipinski definition) is 0. The van der Waals surface area contributed by atoms with E-state index in [-0.39, 0.29) is 0 Å². The highest BCUT2D eigenvalue weighted by atomic mass is 15.1. The third-order valence-corrected chi connectivity index (χ3v) is 13.1. The van der Waals surface area contributed by atoms with Crippen molar-refractivity contribution >= 4 is 39.0 Å². The van der Waals surface area contributed by atoms with Crippen molar-refractivity contribution < 1.29 is 0 Å². The van der Waals surface area contributed by atoms with Gasteiger partial charge in [-0.05, 0) is 177 Å². The number of allylic oxidation sites excluding steroid dienone is 5. The second-order valence-corrected chi connectivity index (χ2v) is 17.0. The summed E-state index contributed by atoms with van der Waals surface area (Å²) in [4.78, 5) is 2.39. The molecule has 1 heteroatoms. The fourth-order valence-corrected chi connectivity index (χ4v) is 9.84. The first-order valence-corrected chi connectivity index (χ1v) is 22.6. The van der Waals surface area contributed by atoms with Crippen LogP contribution in [0.5, 0.6) is 0 Å². The Morgan fingerprint density at radius 3 is 1.29 bits per heavy atom. The minimum Gasteiger partial charge on any atom is -0.311 e. The average Bonchev–Trinajstić information content (AvgIpc) is 3.34. The molecule has 0 spiro atoms. The zero-order valence-corrected chi connectivity index (χ0v) is 35.6. The number of nitrogens with zero attached hydrogens (tertiary/aromatic N) is 1. The Morgan fingerprint density at radius 2 is 0.694 bits per heavy atom. The normalized spacial score (nSPS) is 15.9. The van der Waals surface area contributed by atoms with Crippen molar-refractivity contribution in [2.75, 3.05) is 4.90 Å². The van der Waals surface area contributed by atoms with E-state index in [0.717, 1.165) is 42.7 Å². The molecule has 2 aliphatic carbocycles. The topological polar surface area (TPSA) is 3.24 Å². The van der Waals surface area contributed by atoms with E-state index in [9.17, 15) is 0 Å². The largest absolute Gasteiger partial charge is 0.311 e. The Labute approximate surface area is 368 Å². The summed E-state index contributed by atoms with van der Waals surface area (Å²) in [7, 11) is 0. The second kappa shape index (κ2) is 17.9. The van der Waals surface area contributed by atoms with Crippen LogP contribution in [0.25, 0.3) is 55.3 Å². The maximum absolute atomic E-state index is 4.82. The van der Waals surface area contributed by atoms with E-state index in [2.05, 4.69) is 205 Å². The average molecular weight is 800 g/mol. The van der Waals surface area contributed by atoms with Crippen molar-refractivity contribution in [2.45, 2.75) is 57.8 Å². The van der Waals surface area contributed by atoms with Crippen LogP contribution in [-0.2, 0) is 0 Å². The highest BCUT2D eigenvalue weighted by Gasteiger charge is 2.24. The number of fused-ring (bicyclic) bond motifs is 2. The number of rotatable bonds is 8. The third kappa shape index (κ3) is 8.24. The predicted molar refractivity (Wildman–Crippen MR) is 266 cm³/mol. The van der Waals surface area contributed by atoms with Gasteiger partial charge in [-0.1, -0.05) is 171 Å². The predicted octanol–water partition coefficient (Wildman–Crippen LogP) is 17.6. The van der Waals surface area contributed by atoms with E-state index in [1.807, 2.05) is 0 Å². The third-order valence-electron chi connectivity index (χ3n) is 13.1. The first kappa shape index (κ1) is 39.2. The van der Waals surface area contributed by atoms with Gasteiger partial charge in [0.2, 0.25) is 0 Å². The van der Waals surface area contributed by atoms with Gasteiger partial charge in [0.05, 0.1) is 0 Å². The highest BCUT2D eigenvalue weighted by Crippen LogP contribution is 2.45. The number of anilines is 3. The standard InChI is InChI=1S/C61H53N/c1-44-15-5-2-10-22-58(51-28-25-48(26-29-51)45-16-6-3-7-17-45)59-23-13-14-24-60(59)61(44)52-35-41-57(42-36-52)62(55-37-31-49(32-38-55)46-18-8-4-9-19-46)56-39-33-50(34-40-56)54-30-27-47-20-11-12-21-53(47)43-54/h3-4,6-9,11-12,16-21,25-43H,1-2,5,10,13-15,22-24H2/b59-58+,61-60?. The molecule has 302 valence electrons. The molecule has 8 aromatic rings. The van der Waals surface area contributed by atoms with Crippen LogP contribution in [0.2, 0.25) is 0 Å². The van der Waals surface area contributed by atoms with Crippen LogP contribution < -0.4 is 4.90 Å². The summed E-state index contributed by atoms with van der Waals surface area (Å²) in [6.45, 7) is 4.82. The van der Waals surface area contributed by atoms with Gasteiger partial charge in [0, 0.05) is 17.1 Å². The molecule has 0 heterocycles. The summed E-state index contributed by atoms with van der Waals surface area (Å²) in [6.07, 6.45) is 10.5.